The number of hydrogen-bond acceptors (Lipinski definition) is 8. The summed E-state index contributed by atoms with van der Waals surface area (Å²) in [4.78, 5) is 32.7. The summed E-state index contributed by atoms with van der Waals surface area (Å²) in [6, 6.07) is 14.4. The highest BCUT2D eigenvalue weighted by atomic mass is 32.2. The zero-order valence-electron chi connectivity index (χ0n) is 20.7. The molecule has 0 aliphatic carbocycles. The van der Waals surface area contributed by atoms with E-state index in [1.165, 1.54) is 11.8 Å². The maximum Gasteiger partial charge on any atom is 0.338 e. The minimum Gasteiger partial charge on any atom is -0.497 e. The summed E-state index contributed by atoms with van der Waals surface area (Å²) in [5.41, 5.74) is 3.32. The normalized spacial score (nSPS) is 16.7. The molecule has 8 nitrogen and oxygen atoms in total. The highest BCUT2D eigenvalue weighted by molar-refractivity contribution is 8.16. The second kappa shape index (κ2) is 11.3. The van der Waals surface area contributed by atoms with Gasteiger partial charge in [0, 0.05) is 23.9 Å². The lowest BCUT2D eigenvalue weighted by Crippen LogP contribution is -2.38. The van der Waals surface area contributed by atoms with Gasteiger partial charge < -0.3 is 24.4 Å². The third-order valence-corrected chi connectivity index (χ3v) is 6.77. The molecule has 0 unspecified atom stereocenters. The van der Waals surface area contributed by atoms with E-state index in [1.807, 2.05) is 59.7 Å². The lowest BCUT2D eigenvalue weighted by molar-refractivity contribution is -0.141. The van der Waals surface area contributed by atoms with E-state index in [4.69, 9.17) is 19.2 Å². The molecule has 0 radical (unpaired) electrons. The van der Waals surface area contributed by atoms with Crippen LogP contribution in [-0.4, -0.2) is 42.7 Å². The van der Waals surface area contributed by atoms with E-state index in [0.717, 1.165) is 16.8 Å². The van der Waals surface area contributed by atoms with Crippen LogP contribution in [0.1, 0.15) is 37.4 Å². The minimum absolute atomic E-state index is 0.106. The summed E-state index contributed by atoms with van der Waals surface area (Å²) in [5, 5.41) is 5.44. The molecule has 0 saturated heterocycles. The highest BCUT2D eigenvalue weighted by Crippen LogP contribution is 2.47. The third-order valence-electron chi connectivity index (χ3n) is 5.88. The van der Waals surface area contributed by atoms with Crippen LogP contribution in [0.5, 0.6) is 11.5 Å². The minimum atomic E-state index is -0.600. The van der Waals surface area contributed by atoms with Gasteiger partial charge in [-0.25, -0.2) is 9.79 Å². The molecule has 2 aliphatic heterocycles. The largest absolute Gasteiger partial charge is 0.497 e. The second-order valence-corrected chi connectivity index (χ2v) is 9.03. The molecule has 188 valence electrons. The fraction of sp³-hybridized carbons (Fsp3) is 0.296. The summed E-state index contributed by atoms with van der Waals surface area (Å²) in [5.74, 6) is 0.598. The van der Waals surface area contributed by atoms with Gasteiger partial charge in [-0.15, -0.1) is 0 Å². The van der Waals surface area contributed by atoms with Gasteiger partial charge in [0.15, 0.2) is 5.17 Å². The topological polar surface area (TPSA) is 89.5 Å². The fourth-order valence-corrected chi connectivity index (χ4v) is 5.16. The van der Waals surface area contributed by atoms with Crippen molar-refractivity contribution < 1.29 is 23.8 Å². The van der Waals surface area contributed by atoms with E-state index >= 15 is 0 Å². The second-order valence-electron chi connectivity index (χ2n) is 8.19. The smallest absolute Gasteiger partial charge is 0.338 e. The van der Waals surface area contributed by atoms with E-state index in [9.17, 15) is 9.59 Å². The Hall–Kier alpha value is -3.72. The molecule has 0 saturated carbocycles. The van der Waals surface area contributed by atoms with Crippen LogP contribution >= 0.6 is 11.8 Å². The SMILES string of the molecule is CCNC(=O)CC1=CSC2=NC(C)=C(C(=O)OCc3ccccc3)[C@H](c3ccc(OC)cc3OC)N12. The lowest BCUT2D eigenvalue weighted by Gasteiger charge is -2.36. The number of nitrogens with one attached hydrogen (secondary N) is 1. The van der Waals surface area contributed by atoms with Crippen LogP contribution in [0, 0.1) is 0 Å². The molecule has 2 aromatic rings. The summed E-state index contributed by atoms with van der Waals surface area (Å²) in [6.45, 7) is 4.35. The monoisotopic (exact) mass is 507 g/mol. The number of thioether (sulfide) groups is 1. The van der Waals surface area contributed by atoms with Gasteiger partial charge in [-0.05, 0) is 37.0 Å². The lowest BCUT2D eigenvalue weighted by atomic mass is 9.93. The zero-order valence-corrected chi connectivity index (χ0v) is 21.6. The van der Waals surface area contributed by atoms with Crippen LogP contribution in [0.2, 0.25) is 0 Å². The number of amides is 1. The molecule has 0 fully saturated rings. The average molecular weight is 508 g/mol. The molecule has 9 heteroatoms. The molecule has 0 aromatic heterocycles. The first-order chi connectivity index (χ1) is 17.5. The van der Waals surface area contributed by atoms with Gasteiger partial charge in [0.2, 0.25) is 5.91 Å². The van der Waals surface area contributed by atoms with Crippen LogP contribution in [0.25, 0.3) is 0 Å². The standard InChI is InChI=1S/C27H29N3O5S/c1-5-28-23(31)13-19-16-36-27-29-17(2)24(26(32)35-15-18-9-7-6-8-10-18)25(30(19)27)21-12-11-20(33-3)14-22(21)34-4/h6-12,14,16,25H,5,13,15H2,1-4H3,(H,28,31)/t25-/m0/s1. The molecule has 4 rings (SSSR count). The van der Waals surface area contributed by atoms with Crippen LogP contribution < -0.4 is 14.8 Å². The molecule has 0 spiro atoms. The first-order valence-electron chi connectivity index (χ1n) is 11.6. The predicted molar refractivity (Wildman–Crippen MR) is 139 cm³/mol. The summed E-state index contributed by atoms with van der Waals surface area (Å²) in [6.07, 6.45) is 0.153. The highest BCUT2D eigenvalue weighted by Gasteiger charge is 2.42. The molecule has 1 N–H and O–H groups in total. The first kappa shape index (κ1) is 25.4. The van der Waals surface area contributed by atoms with Crippen molar-refractivity contribution in [1.29, 1.82) is 0 Å². The number of nitrogens with zero attached hydrogens (tertiary/aromatic N) is 2. The third kappa shape index (κ3) is 5.26. The number of esters is 1. The van der Waals surface area contributed by atoms with Crippen molar-refractivity contribution in [3.05, 3.63) is 82.0 Å². The Bertz CT molecular complexity index is 1240. The van der Waals surface area contributed by atoms with Gasteiger partial charge in [0.1, 0.15) is 18.1 Å². The number of carbonyl (C=O) groups is 2. The molecule has 1 amide bonds. The van der Waals surface area contributed by atoms with E-state index in [0.29, 0.717) is 34.5 Å². The van der Waals surface area contributed by atoms with E-state index in [2.05, 4.69) is 5.32 Å². The quantitative estimate of drug-likeness (QED) is 0.498. The van der Waals surface area contributed by atoms with Crippen molar-refractivity contribution in [3.8, 4) is 11.5 Å². The van der Waals surface area contributed by atoms with Crippen molar-refractivity contribution >= 4 is 28.8 Å². The number of fused-ring (bicyclic) bond motifs is 1. The van der Waals surface area contributed by atoms with Gasteiger partial charge >= 0.3 is 5.97 Å². The predicted octanol–water partition coefficient (Wildman–Crippen LogP) is 4.55. The molecule has 1 atom stereocenters. The van der Waals surface area contributed by atoms with Crippen molar-refractivity contribution in [2.45, 2.75) is 32.9 Å². The molecular formula is C27H29N3O5S. The summed E-state index contributed by atoms with van der Waals surface area (Å²) < 4.78 is 16.8. The number of methoxy groups -OCH3 is 2. The molecule has 2 aromatic carbocycles. The fourth-order valence-electron chi connectivity index (χ4n) is 4.19. The summed E-state index contributed by atoms with van der Waals surface area (Å²) >= 11 is 1.42. The Morgan fingerprint density at radius 3 is 2.58 bits per heavy atom. The number of carbonyl (C=O) groups excluding carboxylic acids is 2. The number of hydrogen-bond donors (Lipinski definition) is 1. The molecule has 0 bridgehead atoms. The Morgan fingerprint density at radius 1 is 1.11 bits per heavy atom. The van der Waals surface area contributed by atoms with Crippen LogP contribution in [-0.2, 0) is 20.9 Å². The van der Waals surface area contributed by atoms with E-state index in [-0.39, 0.29) is 18.9 Å². The maximum absolute atomic E-state index is 13.6. The Kier molecular flexibility index (Phi) is 8.00. The van der Waals surface area contributed by atoms with Crippen molar-refractivity contribution in [1.82, 2.24) is 10.2 Å². The number of aliphatic imine (C=N–C) groups is 1. The van der Waals surface area contributed by atoms with Crippen molar-refractivity contribution in [2.75, 3.05) is 20.8 Å². The van der Waals surface area contributed by atoms with Gasteiger partial charge in [-0.3, -0.25) is 4.79 Å². The van der Waals surface area contributed by atoms with Gasteiger partial charge in [0.05, 0.1) is 38.0 Å². The van der Waals surface area contributed by atoms with Crippen LogP contribution in [0.15, 0.2) is 75.9 Å². The number of amidine groups is 1. The Balaban J connectivity index is 1.75. The van der Waals surface area contributed by atoms with Crippen LogP contribution in [0.4, 0.5) is 0 Å². The van der Waals surface area contributed by atoms with Gasteiger partial charge in [-0.2, -0.15) is 0 Å². The Labute approximate surface area is 215 Å². The van der Waals surface area contributed by atoms with Gasteiger partial charge in [-0.1, -0.05) is 42.1 Å². The summed E-state index contributed by atoms with van der Waals surface area (Å²) in [7, 11) is 3.16. The molecule has 2 aliphatic rings. The molecular weight excluding hydrogens is 478 g/mol. The van der Waals surface area contributed by atoms with Crippen molar-refractivity contribution in [3.63, 3.8) is 0 Å². The van der Waals surface area contributed by atoms with E-state index < -0.39 is 12.0 Å². The molecule has 2 heterocycles. The first-order valence-corrected chi connectivity index (χ1v) is 12.5. The van der Waals surface area contributed by atoms with E-state index in [1.54, 1.807) is 27.2 Å². The number of benzene rings is 2. The van der Waals surface area contributed by atoms with Crippen LogP contribution in [0.3, 0.4) is 0 Å². The van der Waals surface area contributed by atoms with Gasteiger partial charge in [0.25, 0.3) is 0 Å². The number of ether oxygens (including phenoxy) is 3. The van der Waals surface area contributed by atoms with Crippen molar-refractivity contribution in [2.24, 2.45) is 4.99 Å². The molecule has 36 heavy (non-hydrogen) atoms. The number of allylic oxidation sites excluding steroid dienone is 1. The number of rotatable bonds is 9. The average Bonchev–Trinajstić information content (AvgIpc) is 3.28. The Morgan fingerprint density at radius 2 is 1.89 bits per heavy atom. The zero-order chi connectivity index (χ0) is 25.7. The maximum atomic E-state index is 13.6.